The van der Waals surface area contributed by atoms with Crippen molar-refractivity contribution in [1.29, 1.82) is 0 Å². The fourth-order valence-electron chi connectivity index (χ4n) is 1.55. The number of nitrogens with two attached hydrogens (primary N) is 1. The zero-order chi connectivity index (χ0) is 12.5. The normalized spacial score (nSPS) is 14.7. The van der Waals surface area contributed by atoms with Crippen molar-refractivity contribution < 1.29 is 4.79 Å². The highest BCUT2D eigenvalue weighted by Gasteiger charge is 2.28. The van der Waals surface area contributed by atoms with Crippen molar-refractivity contribution in [2.45, 2.75) is 29.1 Å². The van der Waals surface area contributed by atoms with Crippen LogP contribution in [0.1, 0.15) is 29.2 Å². The zero-order valence-corrected chi connectivity index (χ0v) is 10.2. The smallest absolute Gasteiger partial charge is 0.251 e. The average Bonchev–Trinajstić information content (AvgIpc) is 3.11. The molecule has 3 rings (SSSR count). The summed E-state index contributed by atoms with van der Waals surface area (Å²) in [5.41, 5.74) is 5.69. The minimum atomic E-state index is -0.504. The van der Waals surface area contributed by atoms with Crippen LogP contribution >= 0.6 is 11.8 Å². The van der Waals surface area contributed by atoms with Crippen molar-refractivity contribution in [3.05, 3.63) is 23.9 Å². The summed E-state index contributed by atoms with van der Waals surface area (Å²) in [6.07, 6.45) is 3.78. The topological polar surface area (TPSA) is 99.6 Å². The molecule has 0 radical (unpaired) electrons. The van der Waals surface area contributed by atoms with Crippen LogP contribution in [0, 0.1) is 0 Å². The van der Waals surface area contributed by atoms with Crippen LogP contribution in [0.15, 0.2) is 28.5 Å². The maximum absolute atomic E-state index is 11.3. The molecule has 1 saturated carbocycles. The molecule has 0 atom stereocenters. The molecule has 1 aliphatic carbocycles. The fourth-order valence-corrected chi connectivity index (χ4v) is 2.47. The summed E-state index contributed by atoms with van der Waals surface area (Å²) in [7, 11) is 0. The highest BCUT2D eigenvalue weighted by molar-refractivity contribution is 7.99. The van der Waals surface area contributed by atoms with Crippen LogP contribution in [0.2, 0.25) is 0 Å². The van der Waals surface area contributed by atoms with Gasteiger partial charge in [-0.25, -0.2) is 9.67 Å². The van der Waals surface area contributed by atoms with Gasteiger partial charge in [-0.05, 0) is 47.2 Å². The summed E-state index contributed by atoms with van der Waals surface area (Å²) < 4.78 is 1.77. The number of pyridine rings is 1. The Hall–Kier alpha value is -1.96. The van der Waals surface area contributed by atoms with E-state index in [2.05, 4.69) is 20.5 Å². The van der Waals surface area contributed by atoms with E-state index in [0.29, 0.717) is 21.8 Å². The number of carbonyl (C=O) groups excluding carboxylic acids is 1. The Morgan fingerprint density at radius 3 is 3.06 bits per heavy atom. The van der Waals surface area contributed by atoms with Crippen molar-refractivity contribution in [2.24, 2.45) is 5.73 Å². The van der Waals surface area contributed by atoms with Gasteiger partial charge in [0.2, 0.25) is 5.16 Å². The standard InChI is InChI=1S/C10H10N6OS/c11-8(17)7-2-1-5-12-9(7)18-10-13-14-15-16(10)6-3-4-6/h1-2,5-6H,3-4H2,(H2,11,17). The quantitative estimate of drug-likeness (QED) is 0.868. The molecule has 2 heterocycles. The third-order valence-corrected chi connectivity index (χ3v) is 3.55. The van der Waals surface area contributed by atoms with Crippen molar-refractivity contribution in [3.8, 4) is 0 Å². The molecule has 8 heteroatoms. The van der Waals surface area contributed by atoms with Crippen molar-refractivity contribution in [1.82, 2.24) is 25.2 Å². The van der Waals surface area contributed by atoms with Gasteiger partial charge in [-0.1, -0.05) is 0 Å². The summed E-state index contributed by atoms with van der Waals surface area (Å²) in [6.45, 7) is 0. The van der Waals surface area contributed by atoms with E-state index in [9.17, 15) is 4.79 Å². The van der Waals surface area contributed by atoms with Crippen LogP contribution < -0.4 is 5.73 Å². The van der Waals surface area contributed by atoms with E-state index in [1.54, 1.807) is 23.0 Å². The van der Waals surface area contributed by atoms with Crippen LogP contribution in [-0.4, -0.2) is 31.1 Å². The molecule has 2 N–H and O–H groups in total. The first-order valence-corrected chi connectivity index (χ1v) is 6.28. The van der Waals surface area contributed by atoms with E-state index in [1.807, 2.05) is 0 Å². The molecule has 0 bridgehead atoms. The van der Waals surface area contributed by atoms with Crippen molar-refractivity contribution >= 4 is 17.7 Å². The summed E-state index contributed by atoms with van der Waals surface area (Å²) in [4.78, 5) is 15.4. The Morgan fingerprint density at radius 1 is 1.50 bits per heavy atom. The van der Waals surface area contributed by atoms with Gasteiger partial charge in [0.15, 0.2) is 0 Å². The third-order valence-electron chi connectivity index (χ3n) is 2.58. The molecule has 1 fully saturated rings. The van der Waals surface area contributed by atoms with E-state index in [4.69, 9.17) is 5.73 Å². The monoisotopic (exact) mass is 262 g/mol. The lowest BCUT2D eigenvalue weighted by atomic mass is 10.3. The van der Waals surface area contributed by atoms with Crippen molar-refractivity contribution in [2.75, 3.05) is 0 Å². The number of hydrogen-bond acceptors (Lipinski definition) is 6. The predicted octanol–water partition coefficient (Wildman–Crippen LogP) is 0.653. The van der Waals surface area contributed by atoms with E-state index >= 15 is 0 Å². The molecule has 0 spiro atoms. The van der Waals surface area contributed by atoms with Gasteiger partial charge in [-0.3, -0.25) is 4.79 Å². The molecule has 0 aromatic carbocycles. The first-order valence-electron chi connectivity index (χ1n) is 5.46. The first kappa shape index (κ1) is 11.1. The number of nitrogens with zero attached hydrogens (tertiary/aromatic N) is 5. The highest BCUT2D eigenvalue weighted by atomic mass is 32.2. The van der Waals surface area contributed by atoms with Crippen LogP contribution in [0.25, 0.3) is 0 Å². The highest BCUT2D eigenvalue weighted by Crippen LogP contribution is 2.37. The second-order valence-corrected chi connectivity index (χ2v) is 4.92. The summed E-state index contributed by atoms with van der Waals surface area (Å²) >= 11 is 1.26. The number of amides is 1. The van der Waals surface area contributed by atoms with Gasteiger partial charge in [0, 0.05) is 6.20 Å². The Bertz CT molecular complexity index is 594. The van der Waals surface area contributed by atoms with Gasteiger partial charge in [-0.15, -0.1) is 5.10 Å². The first-order chi connectivity index (χ1) is 8.75. The maximum Gasteiger partial charge on any atom is 0.251 e. The molecule has 92 valence electrons. The third kappa shape index (κ3) is 2.06. The molecular formula is C10H10N6OS. The molecular weight excluding hydrogens is 252 g/mol. The second-order valence-electron chi connectivity index (χ2n) is 3.96. The SMILES string of the molecule is NC(=O)c1cccnc1Sc1nnnn1C1CC1. The summed E-state index contributed by atoms with van der Waals surface area (Å²) in [5.74, 6) is -0.504. The molecule has 2 aromatic heterocycles. The van der Waals surface area contributed by atoms with Gasteiger partial charge in [-0.2, -0.15) is 0 Å². The largest absolute Gasteiger partial charge is 0.366 e. The Balaban J connectivity index is 1.92. The number of rotatable bonds is 4. The van der Waals surface area contributed by atoms with Crippen LogP contribution in [0.4, 0.5) is 0 Å². The molecule has 1 amide bonds. The number of hydrogen-bond donors (Lipinski definition) is 1. The molecule has 0 aliphatic heterocycles. The number of aromatic nitrogens is 5. The molecule has 0 saturated heterocycles. The summed E-state index contributed by atoms with van der Waals surface area (Å²) in [5, 5.41) is 12.7. The number of primary amides is 1. The minimum Gasteiger partial charge on any atom is -0.366 e. The maximum atomic E-state index is 11.3. The van der Waals surface area contributed by atoms with Crippen LogP contribution in [0.3, 0.4) is 0 Å². The Morgan fingerprint density at radius 2 is 2.33 bits per heavy atom. The minimum absolute atomic E-state index is 0.378. The Kier molecular flexibility index (Phi) is 2.71. The molecule has 2 aromatic rings. The van der Waals surface area contributed by atoms with Gasteiger partial charge in [0.05, 0.1) is 11.6 Å². The lowest BCUT2D eigenvalue weighted by molar-refractivity contribution is 0.0997. The van der Waals surface area contributed by atoms with Gasteiger partial charge in [0.25, 0.3) is 5.91 Å². The molecule has 1 aliphatic rings. The van der Waals surface area contributed by atoms with Gasteiger partial charge >= 0.3 is 0 Å². The van der Waals surface area contributed by atoms with Crippen molar-refractivity contribution in [3.63, 3.8) is 0 Å². The van der Waals surface area contributed by atoms with Gasteiger partial charge < -0.3 is 5.73 Å². The fraction of sp³-hybridized carbons (Fsp3) is 0.300. The van der Waals surface area contributed by atoms with E-state index in [0.717, 1.165) is 12.8 Å². The molecule has 0 unspecified atom stereocenters. The molecule has 7 nitrogen and oxygen atoms in total. The lowest BCUT2D eigenvalue weighted by Crippen LogP contribution is -2.13. The van der Waals surface area contributed by atoms with Crippen LogP contribution in [0.5, 0.6) is 0 Å². The molecule has 18 heavy (non-hydrogen) atoms. The Labute approximate surface area is 107 Å². The van der Waals surface area contributed by atoms with Crippen LogP contribution in [-0.2, 0) is 0 Å². The van der Waals surface area contributed by atoms with E-state index in [-0.39, 0.29) is 0 Å². The number of tetrazole rings is 1. The van der Waals surface area contributed by atoms with E-state index < -0.39 is 5.91 Å². The lowest BCUT2D eigenvalue weighted by Gasteiger charge is -2.04. The second kappa shape index (κ2) is 4.37. The van der Waals surface area contributed by atoms with Gasteiger partial charge in [0.1, 0.15) is 5.03 Å². The number of carbonyl (C=O) groups is 1. The summed E-state index contributed by atoms with van der Waals surface area (Å²) in [6, 6.07) is 3.69. The van der Waals surface area contributed by atoms with E-state index in [1.165, 1.54) is 11.8 Å². The average molecular weight is 262 g/mol. The zero-order valence-electron chi connectivity index (χ0n) is 9.35. The predicted molar refractivity (Wildman–Crippen MR) is 63.0 cm³/mol.